The van der Waals surface area contributed by atoms with Crippen molar-refractivity contribution < 1.29 is 19.2 Å². The number of nitrogens with zero attached hydrogens (tertiary/aromatic N) is 2. The number of halogens is 1. The highest BCUT2D eigenvalue weighted by Crippen LogP contribution is 2.35. The van der Waals surface area contributed by atoms with Gasteiger partial charge in [-0.05, 0) is 30.9 Å². The minimum atomic E-state index is -1.02. The fourth-order valence-electron chi connectivity index (χ4n) is 2.72. The number of anilines is 1. The van der Waals surface area contributed by atoms with Gasteiger partial charge < -0.3 is 10.0 Å². The van der Waals surface area contributed by atoms with Gasteiger partial charge >= 0.3 is 5.97 Å². The highest BCUT2D eigenvalue weighted by Gasteiger charge is 2.37. The molecule has 20 heavy (non-hydrogen) atoms. The molecule has 0 spiro atoms. The summed E-state index contributed by atoms with van der Waals surface area (Å²) >= 11 is 0. The molecule has 2 atom stereocenters. The van der Waals surface area contributed by atoms with E-state index in [1.165, 1.54) is 11.0 Å². The van der Waals surface area contributed by atoms with Crippen LogP contribution < -0.4 is 4.90 Å². The van der Waals surface area contributed by atoms with Crippen LogP contribution in [0.1, 0.15) is 19.8 Å². The smallest absolute Gasteiger partial charge is 0.326 e. The van der Waals surface area contributed by atoms with Crippen LogP contribution in [-0.2, 0) is 4.79 Å². The van der Waals surface area contributed by atoms with Crippen LogP contribution in [0.25, 0.3) is 0 Å². The van der Waals surface area contributed by atoms with Gasteiger partial charge in [0.1, 0.15) is 17.5 Å². The summed E-state index contributed by atoms with van der Waals surface area (Å²) in [5, 5.41) is 20.4. The quantitative estimate of drug-likeness (QED) is 0.680. The number of rotatable bonds is 3. The number of aliphatic carboxylic acids is 1. The van der Waals surface area contributed by atoms with Gasteiger partial charge in [-0.2, -0.15) is 0 Å². The lowest BCUT2D eigenvalue weighted by molar-refractivity contribution is -0.384. The van der Waals surface area contributed by atoms with Crippen LogP contribution in [0.2, 0.25) is 0 Å². The maximum absolute atomic E-state index is 13.2. The van der Waals surface area contributed by atoms with Crippen molar-refractivity contribution in [2.24, 2.45) is 5.92 Å². The topological polar surface area (TPSA) is 83.7 Å². The lowest BCUT2D eigenvalue weighted by Crippen LogP contribution is -2.49. The van der Waals surface area contributed by atoms with Crippen molar-refractivity contribution in [3.8, 4) is 0 Å². The zero-order valence-electron chi connectivity index (χ0n) is 11.0. The first-order valence-electron chi connectivity index (χ1n) is 6.35. The average molecular weight is 282 g/mol. The second kappa shape index (κ2) is 5.44. The number of hydrogen-bond acceptors (Lipinski definition) is 4. The van der Waals surface area contributed by atoms with Gasteiger partial charge in [0, 0.05) is 6.54 Å². The van der Waals surface area contributed by atoms with E-state index < -0.39 is 28.4 Å². The number of carboxylic acid groups (broad SMARTS) is 1. The molecule has 1 N–H and O–H groups in total. The van der Waals surface area contributed by atoms with Gasteiger partial charge in [-0.3, -0.25) is 10.1 Å². The van der Waals surface area contributed by atoms with Crippen LogP contribution in [0.5, 0.6) is 0 Å². The van der Waals surface area contributed by atoms with E-state index in [-0.39, 0.29) is 11.6 Å². The third kappa shape index (κ3) is 2.56. The van der Waals surface area contributed by atoms with Gasteiger partial charge in [-0.1, -0.05) is 6.92 Å². The van der Waals surface area contributed by atoms with Crippen molar-refractivity contribution in [3.63, 3.8) is 0 Å². The Morgan fingerprint density at radius 1 is 1.55 bits per heavy atom. The van der Waals surface area contributed by atoms with Crippen LogP contribution in [0.4, 0.5) is 15.8 Å². The second-order valence-corrected chi connectivity index (χ2v) is 4.99. The van der Waals surface area contributed by atoms with E-state index in [9.17, 15) is 24.4 Å². The van der Waals surface area contributed by atoms with Crippen molar-refractivity contribution in [2.45, 2.75) is 25.8 Å². The molecule has 1 aromatic rings. The summed E-state index contributed by atoms with van der Waals surface area (Å²) in [5.41, 5.74) is -0.235. The summed E-state index contributed by atoms with van der Waals surface area (Å²) in [5.74, 6) is -1.85. The molecule has 6 nitrogen and oxygen atoms in total. The monoisotopic (exact) mass is 282 g/mol. The molecule has 0 bridgehead atoms. The minimum Gasteiger partial charge on any atom is -0.480 e. The van der Waals surface area contributed by atoms with Gasteiger partial charge in [-0.15, -0.1) is 0 Å². The Kier molecular flexibility index (Phi) is 3.87. The number of carboxylic acids is 1. The first-order valence-corrected chi connectivity index (χ1v) is 6.35. The molecule has 7 heteroatoms. The number of hydrogen-bond donors (Lipinski definition) is 1. The first-order chi connectivity index (χ1) is 9.41. The van der Waals surface area contributed by atoms with Gasteiger partial charge in [0.15, 0.2) is 0 Å². The molecule has 2 rings (SSSR count). The molecule has 1 aliphatic heterocycles. The number of benzene rings is 1. The highest BCUT2D eigenvalue weighted by atomic mass is 19.1. The van der Waals surface area contributed by atoms with Crippen molar-refractivity contribution >= 4 is 17.3 Å². The second-order valence-electron chi connectivity index (χ2n) is 4.99. The molecule has 1 aromatic carbocycles. The van der Waals surface area contributed by atoms with Gasteiger partial charge in [0.2, 0.25) is 0 Å². The number of piperidine rings is 1. The molecule has 0 radical (unpaired) electrons. The molecule has 1 aliphatic rings. The highest BCUT2D eigenvalue weighted by molar-refractivity contribution is 5.80. The van der Waals surface area contributed by atoms with E-state index in [4.69, 9.17) is 0 Å². The third-order valence-corrected chi connectivity index (χ3v) is 3.63. The van der Waals surface area contributed by atoms with E-state index in [1.54, 1.807) is 6.92 Å². The van der Waals surface area contributed by atoms with Crippen molar-refractivity contribution in [2.75, 3.05) is 11.4 Å². The normalized spacial score (nSPS) is 22.6. The lowest BCUT2D eigenvalue weighted by Gasteiger charge is -2.38. The van der Waals surface area contributed by atoms with Crippen LogP contribution >= 0.6 is 0 Å². The molecule has 1 heterocycles. The molecular formula is C13H15FN2O4. The average Bonchev–Trinajstić information content (AvgIpc) is 2.37. The Labute approximate surface area is 115 Å². The Morgan fingerprint density at radius 2 is 2.25 bits per heavy atom. The summed E-state index contributed by atoms with van der Waals surface area (Å²) in [4.78, 5) is 23.3. The van der Waals surface area contributed by atoms with Crippen molar-refractivity contribution in [3.05, 3.63) is 34.1 Å². The van der Waals surface area contributed by atoms with Crippen LogP contribution in [0, 0.1) is 21.8 Å². The fourth-order valence-corrected chi connectivity index (χ4v) is 2.72. The zero-order chi connectivity index (χ0) is 14.9. The molecule has 0 saturated carbocycles. The molecular weight excluding hydrogens is 267 g/mol. The van der Waals surface area contributed by atoms with Crippen LogP contribution in [0.3, 0.4) is 0 Å². The summed E-state index contributed by atoms with van der Waals surface area (Å²) in [6, 6.07) is 2.39. The Bertz CT molecular complexity index is 549. The summed E-state index contributed by atoms with van der Waals surface area (Å²) in [6.45, 7) is 2.22. The van der Waals surface area contributed by atoms with E-state index in [0.29, 0.717) is 6.54 Å². The predicted molar refractivity (Wildman–Crippen MR) is 70.2 cm³/mol. The van der Waals surface area contributed by atoms with Gasteiger partial charge in [0.05, 0.1) is 11.0 Å². The molecule has 0 amide bonds. The summed E-state index contributed by atoms with van der Waals surface area (Å²) in [6.07, 6.45) is 1.50. The van der Waals surface area contributed by atoms with E-state index in [1.807, 2.05) is 0 Å². The molecule has 0 aliphatic carbocycles. The molecule has 1 saturated heterocycles. The first kappa shape index (κ1) is 14.2. The third-order valence-electron chi connectivity index (χ3n) is 3.63. The molecule has 2 unspecified atom stereocenters. The molecule has 1 fully saturated rings. The Morgan fingerprint density at radius 3 is 2.85 bits per heavy atom. The standard InChI is InChI=1S/C13H15FN2O4/c1-8-3-2-6-15(12(8)13(17)18)10-5-4-9(14)7-11(10)16(19)20/h4-5,7-8,12H,2-3,6H2,1H3,(H,17,18). The SMILES string of the molecule is CC1CCCN(c2ccc(F)cc2[N+](=O)[O-])C1C(=O)O. The largest absolute Gasteiger partial charge is 0.480 e. The summed E-state index contributed by atoms with van der Waals surface area (Å²) in [7, 11) is 0. The molecule has 108 valence electrons. The fraction of sp³-hybridized carbons (Fsp3) is 0.462. The van der Waals surface area contributed by atoms with E-state index >= 15 is 0 Å². The van der Waals surface area contributed by atoms with E-state index in [0.717, 1.165) is 25.0 Å². The van der Waals surface area contributed by atoms with Crippen LogP contribution in [0.15, 0.2) is 18.2 Å². The Balaban J connectivity index is 2.48. The maximum atomic E-state index is 13.2. The lowest BCUT2D eigenvalue weighted by atomic mass is 9.90. The number of nitro groups is 1. The van der Waals surface area contributed by atoms with Gasteiger partial charge in [-0.25, -0.2) is 9.18 Å². The Hall–Kier alpha value is -2.18. The number of nitro benzene ring substituents is 1. The van der Waals surface area contributed by atoms with Crippen molar-refractivity contribution in [1.29, 1.82) is 0 Å². The summed E-state index contributed by atoms with van der Waals surface area (Å²) < 4.78 is 13.2. The number of carbonyl (C=O) groups is 1. The van der Waals surface area contributed by atoms with Gasteiger partial charge in [0.25, 0.3) is 5.69 Å². The maximum Gasteiger partial charge on any atom is 0.326 e. The van der Waals surface area contributed by atoms with E-state index in [2.05, 4.69) is 0 Å². The predicted octanol–water partition coefficient (Wildman–Crippen LogP) is 2.42. The molecule has 0 aromatic heterocycles. The zero-order valence-corrected chi connectivity index (χ0v) is 11.0. The van der Waals surface area contributed by atoms with Crippen molar-refractivity contribution in [1.82, 2.24) is 0 Å². The minimum absolute atomic E-state index is 0.120. The van der Waals surface area contributed by atoms with Crippen LogP contribution in [-0.4, -0.2) is 28.6 Å².